The molecule has 8 aromatic carbocycles. The highest BCUT2D eigenvalue weighted by Gasteiger charge is 2.23. The van der Waals surface area contributed by atoms with Gasteiger partial charge in [0.1, 0.15) is 22.3 Å². The average molecular weight is 705 g/mol. The van der Waals surface area contributed by atoms with Gasteiger partial charge in [-0.25, -0.2) is 15.0 Å². The van der Waals surface area contributed by atoms with Gasteiger partial charge in [-0.1, -0.05) is 121 Å². The lowest BCUT2D eigenvalue weighted by molar-refractivity contribution is 0.668. The van der Waals surface area contributed by atoms with Gasteiger partial charge < -0.3 is 13.4 Å². The van der Waals surface area contributed by atoms with Crippen LogP contribution in [-0.4, -0.2) is 19.5 Å². The summed E-state index contributed by atoms with van der Waals surface area (Å²) in [6.07, 6.45) is 0. The third-order valence-corrected chi connectivity index (χ3v) is 10.9. The first-order valence-electron chi connectivity index (χ1n) is 18.4. The number of benzene rings is 8. The Balaban J connectivity index is 1.19. The van der Waals surface area contributed by atoms with Crippen LogP contribution >= 0.6 is 0 Å². The molecule has 0 saturated heterocycles. The van der Waals surface area contributed by atoms with E-state index in [1.54, 1.807) is 0 Å². The number of fused-ring (bicyclic) bond motifs is 10. The van der Waals surface area contributed by atoms with Gasteiger partial charge in [0.15, 0.2) is 17.5 Å². The van der Waals surface area contributed by atoms with Crippen LogP contribution in [0, 0.1) is 0 Å². The molecular formula is C49H28N4O2. The summed E-state index contributed by atoms with van der Waals surface area (Å²) in [6.45, 7) is 0. The van der Waals surface area contributed by atoms with E-state index >= 15 is 0 Å². The van der Waals surface area contributed by atoms with Crippen molar-refractivity contribution in [1.82, 2.24) is 19.5 Å². The van der Waals surface area contributed by atoms with E-state index in [4.69, 9.17) is 23.8 Å². The molecule has 0 N–H and O–H groups in total. The van der Waals surface area contributed by atoms with Crippen LogP contribution in [0.1, 0.15) is 0 Å². The van der Waals surface area contributed by atoms with Crippen molar-refractivity contribution >= 4 is 76.5 Å². The van der Waals surface area contributed by atoms with Gasteiger partial charge in [-0.05, 0) is 59.3 Å². The molecule has 0 saturated carbocycles. The molecule has 0 spiro atoms. The largest absolute Gasteiger partial charge is 0.456 e. The number of hydrogen-bond acceptors (Lipinski definition) is 5. The normalized spacial score (nSPS) is 12.0. The van der Waals surface area contributed by atoms with Gasteiger partial charge in [-0.2, -0.15) is 0 Å². The molecule has 12 aromatic rings. The second-order valence-corrected chi connectivity index (χ2v) is 14.0. The topological polar surface area (TPSA) is 69.9 Å². The maximum atomic E-state index is 6.53. The minimum Gasteiger partial charge on any atom is -0.456 e. The second-order valence-electron chi connectivity index (χ2n) is 14.0. The Hall–Kier alpha value is -7.57. The van der Waals surface area contributed by atoms with Gasteiger partial charge >= 0.3 is 0 Å². The molecule has 0 bridgehead atoms. The third-order valence-electron chi connectivity index (χ3n) is 10.9. The molecule has 55 heavy (non-hydrogen) atoms. The Morgan fingerprint density at radius 2 is 0.873 bits per heavy atom. The molecule has 256 valence electrons. The highest BCUT2D eigenvalue weighted by atomic mass is 16.3. The number of rotatable bonds is 4. The van der Waals surface area contributed by atoms with Crippen LogP contribution in [0.15, 0.2) is 179 Å². The Morgan fingerprint density at radius 3 is 1.60 bits per heavy atom. The number of nitrogens with zero attached hydrogens (tertiary/aromatic N) is 4. The fourth-order valence-corrected chi connectivity index (χ4v) is 8.34. The standard InChI is InChI=1S/C49H28N4O2/c1-2-14-31-29(12-1)13-11-19-37(31)48-50-47(30-24-25-36-34-17-5-9-22-43(34)54-45(36)26-30)51-49(52-48)39-28-46-38(35-18-6-10-23-44(35)55-46)27-42(39)53-40-20-7-3-15-32(40)33-16-4-8-21-41(33)53/h1-28H. The first-order chi connectivity index (χ1) is 27.2. The van der Waals surface area contributed by atoms with E-state index in [0.29, 0.717) is 17.5 Å². The van der Waals surface area contributed by atoms with Crippen LogP contribution in [0.5, 0.6) is 0 Å². The number of hydrogen-bond donors (Lipinski definition) is 0. The van der Waals surface area contributed by atoms with Crippen LogP contribution in [0.25, 0.3) is 116 Å². The van der Waals surface area contributed by atoms with Gasteiger partial charge in [0.05, 0.1) is 16.7 Å². The molecule has 6 nitrogen and oxygen atoms in total. The van der Waals surface area contributed by atoms with Crippen molar-refractivity contribution in [3.63, 3.8) is 0 Å². The Morgan fingerprint density at radius 1 is 0.345 bits per heavy atom. The number of furan rings is 2. The van der Waals surface area contributed by atoms with E-state index in [0.717, 1.165) is 88.1 Å². The van der Waals surface area contributed by atoms with E-state index < -0.39 is 0 Å². The highest BCUT2D eigenvalue weighted by molar-refractivity contribution is 6.12. The lowest BCUT2D eigenvalue weighted by Crippen LogP contribution is -2.04. The Kier molecular flexibility index (Phi) is 6.24. The zero-order valence-corrected chi connectivity index (χ0v) is 29.3. The smallest absolute Gasteiger partial charge is 0.166 e. The van der Waals surface area contributed by atoms with Crippen molar-refractivity contribution in [2.45, 2.75) is 0 Å². The van der Waals surface area contributed by atoms with Crippen LogP contribution in [-0.2, 0) is 0 Å². The van der Waals surface area contributed by atoms with Crippen molar-refractivity contribution in [3.8, 4) is 39.9 Å². The van der Waals surface area contributed by atoms with Crippen molar-refractivity contribution in [2.24, 2.45) is 0 Å². The SMILES string of the molecule is c1ccc2c(-c3nc(-c4ccc5c(c4)oc4ccccc45)nc(-c4cc5oc6ccccc6c5cc4-n4c5ccccc5c5ccccc54)n3)cccc2c1. The maximum absolute atomic E-state index is 6.53. The molecule has 6 heteroatoms. The molecule has 12 rings (SSSR count). The monoisotopic (exact) mass is 704 g/mol. The van der Waals surface area contributed by atoms with E-state index in [1.165, 1.54) is 10.8 Å². The molecule has 0 aliphatic heterocycles. The van der Waals surface area contributed by atoms with E-state index in [-0.39, 0.29) is 0 Å². The summed E-state index contributed by atoms with van der Waals surface area (Å²) in [5.41, 5.74) is 8.94. The molecule has 0 amide bonds. The number of para-hydroxylation sites is 4. The van der Waals surface area contributed by atoms with E-state index in [9.17, 15) is 0 Å². The van der Waals surface area contributed by atoms with Crippen molar-refractivity contribution < 1.29 is 8.83 Å². The number of aromatic nitrogens is 4. The summed E-state index contributed by atoms with van der Waals surface area (Å²) in [5, 5.41) is 8.73. The zero-order chi connectivity index (χ0) is 36.0. The van der Waals surface area contributed by atoms with E-state index in [1.807, 2.05) is 36.4 Å². The lowest BCUT2D eigenvalue weighted by atomic mass is 10.0. The van der Waals surface area contributed by atoms with Gasteiger partial charge in [0, 0.05) is 49.0 Å². The van der Waals surface area contributed by atoms with Crippen molar-refractivity contribution in [2.75, 3.05) is 0 Å². The maximum Gasteiger partial charge on any atom is 0.166 e. The van der Waals surface area contributed by atoms with Crippen LogP contribution in [0.4, 0.5) is 0 Å². The fraction of sp³-hybridized carbons (Fsp3) is 0. The molecule has 4 aromatic heterocycles. The second kappa shape index (κ2) is 11.5. The van der Waals surface area contributed by atoms with Crippen LogP contribution in [0.3, 0.4) is 0 Å². The fourth-order valence-electron chi connectivity index (χ4n) is 8.34. The molecule has 0 aliphatic rings. The zero-order valence-electron chi connectivity index (χ0n) is 29.3. The summed E-state index contributed by atoms with van der Waals surface area (Å²) in [6, 6.07) is 58.6. The predicted octanol–water partition coefficient (Wildman–Crippen LogP) is 12.9. The Bertz CT molecular complexity index is 3460. The van der Waals surface area contributed by atoms with Crippen molar-refractivity contribution in [3.05, 3.63) is 170 Å². The first-order valence-corrected chi connectivity index (χ1v) is 18.4. The molecule has 0 fully saturated rings. The molecule has 0 atom stereocenters. The van der Waals surface area contributed by atoms with Gasteiger partial charge in [-0.15, -0.1) is 0 Å². The molecular weight excluding hydrogens is 677 g/mol. The Labute approximate surface area is 313 Å². The van der Waals surface area contributed by atoms with Crippen LogP contribution < -0.4 is 0 Å². The summed E-state index contributed by atoms with van der Waals surface area (Å²) >= 11 is 0. The average Bonchev–Trinajstić information content (AvgIpc) is 3.91. The molecule has 0 aliphatic carbocycles. The van der Waals surface area contributed by atoms with E-state index in [2.05, 4.69) is 138 Å². The van der Waals surface area contributed by atoms with Crippen LogP contribution in [0.2, 0.25) is 0 Å². The summed E-state index contributed by atoms with van der Waals surface area (Å²) in [4.78, 5) is 15.9. The summed E-state index contributed by atoms with van der Waals surface area (Å²) in [5.74, 6) is 1.67. The quantitative estimate of drug-likeness (QED) is 0.182. The predicted molar refractivity (Wildman–Crippen MR) is 223 cm³/mol. The molecule has 0 unspecified atom stereocenters. The summed E-state index contributed by atoms with van der Waals surface area (Å²) in [7, 11) is 0. The molecule has 0 radical (unpaired) electrons. The van der Waals surface area contributed by atoms with Gasteiger partial charge in [-0.3, -0.25) is 0 Å². The minimum absolute atomic E-state index is 0.539. The molecule has 4 heterocycles. The first kappa shape index (κ1) is 29.9. The third kappa shape index (κ3) is 4.52. The minimum atomic E-state index is 0.539. The van der Waals surface area contributed by atoms with Gasteiger partial charge in [0.25, 0.3) is 0 Å². The summed E-state index contributed by atoms with van der Waals surface area (Å²) < 4.78 is 15.2. The van der Waals surface area contributed by atoms with Gasteiger partial charge in [0.2, 0.25) is 0 Å². The highest BCUT2D eigenvalue weighted by Crippen LogP contribution is 2.41. The lowest BCUT2D eigenvalue weighted by Gasteiger charge is -2.15. The van der Waals surface area contributed by atoms with Crippen molar-refractivity contribution in [1.29, 1.82) is 0 Å².